The predicted molar refractivity (Wildman–Crippen MR) is 173 cm³/mol. The van der Waals surface area contributed by atoms with Gasteiger partial charge in [0, 0.05) is 35.1 Å². The van der Waals surface area contributed by atoms with E-state index in [2.05, 4.69) is 150 Å². The quantitative estimate of drug-likeness (QED) is 0.226. The lowest BCUT2D eigenvalue weighted by molar-refractivity contribution is 0.378. The van der Waals surface area contributed by atoms with Crippen molar-refractivity contribution in [3.05, 3.63) is 156 Å². The van der Waals surface area contributed by atoms with E-state index in [4.69, 9.17) is 4.74 Å². The summed E-state index contributed by atoms with van der Waals surface area (Å²) in [6.45, 7) is 3.98. The molecular formula is C39H32N2O. The zero-order valence-electron chi connectivity index (χ0n) is 23.7. The number of fused-ring (bicyclic) bond motifs is 7. The van der Waals surface area contributed by atoms with Gasteiger partial charge >= 0.3 is 0 Å². The Labute approximate surface area is 246 Å². The third-order valence-corrected chi connectivity index (χ3v) is 8.95. The van der Waals surface area contributed by atoms with E-state index in [9.17, 15) is 0 Å². The molecule has 42 heavy (non-hydrogen) atoms. The summed E-state index contributed by atoms with van der Waals surface area (Å²) < 4.78 is 9.13. The van der Waals surface area contributed by atoms with Gasteiger partial charge < -0.3 is 14.6 Å². The number of rotatable bonds is 6. The van der Waals surface area contributed by atoms with Gasteiger partial charge in [0.2, 0.25) is 0 Å². The molecule has 8 rings (SSSR count). The van der Waals surface area contributed by atoms with Gasteiger partial charge in [0.1, 0.15) is 5.76 Å². The lowest BCUT2D eigenvalue weighted by Crippen LogP contribution is -2.22. The third kappa shape index (κ3) is 4.00. The van der Waals surface area contributed by atoms with E-state index in [1.165, 1.54) is 44.1 Å². The molecule has 1 aromatic heterocycles. The summed E-state index contributed by atoms with van der Waals surface area (Å²) in [7, 11) is 0. The van der Waals surface area contributed by atoms with E-state index in [-0.39, 0.29) is 5.41 Å². The summed E-state index contributed by atoms with van der Waals surface area (Å²) in [5, 5.41) is 6.03. The van der Waals surface area contributed by atoms with E-state index >= 15 is 0 Å². The van der Waals surface area contributed by atoms with Gasteiger partial charge in [-0.15, -0.1) is 0 Å². The SMILES string of the molecule is CC12CC=CC=C1Oc1c2ccc2c3cc(-c4ccccc4)ccc3n(-c3ccc(CNCc4ccccc4)cc3)c12. The minimum atomic E-state index is -0.136. The molecule has 5 aromatic carbocycles. The lowest BCUT2D eigenvalue weighted by Gasteiger charge is -2.24. The largest absolute Gasteiger partial charge is 0.458 e. The predicted octanol–water partition coefficient (Wildman–Crippen LogP) is 9.23. The van der Waals surface area contributed by atoms with E-state index < -0.39 is 0 Å². The first-order valence-electron chi connectivity index (χ1n) is 14.8. The maximum absolute atomic E-state index is 6.73. The number of benzene rings is 5. The Morgan fingerprint density at radius 2 is 1.48 bits per heavy atom. The Hall–Kier alpha value is -4.86. The summed E-state index contributed by atoms with van der Waals surface area (Å²) in [6, 6.07) is 41.6. The first kappa shape index (κ1) is 24.9. The van der Waals surface area contributed by atoms with Crippen LogP contribution in [0.1, 0.15) is 30.0 Å². The fourth-order valence-electron chi connectivity index (χ4n) is 6.65. The second kappa shape index (κ2) is 9.90. The molecule has 1 atom stereocenters. The Morgan fingerprint density at radius 3 is 2.26 bits per heavy atom. The van der Waals surface area contributed by atoms with Crippen LogP contribution in [0.25, 0.3) is 38.6 Å². The number of ether oxygens (including phenoxy) is 1. The minimum absolute atomic E-state index is 0.136. The van der Waals surface area contributed by atoms with Crippen LogP contribution in [0, 0.1) is 0 Å². The summed E-state index contributed by atoms with van der Waals surface area (Å²) in [4.78, 5) is 0. The first-order chi connectivity index (χ1) is 20.7. The van der Waals surface area contributed by atoms with Gasteiger partial charge in [-0.3, -0.25) is 0 Å². The zero-order chi connectivity index (χ0) is 28.1. The molecule has 1 aliphatic heterocycles. The number of allylic oxidation sites excluding steroid dienone is 4. The average Bonchev–Trinajstić information content (AvgIpc) is 3.54. The fraction of sp³-hybridized carbons (Fsp3) is 0.128. The molecule has 1 unspecified atom stereocenters. The van der Waals surface area contributed by atoms with Crippen molar-refractivity contribution in [3.8, 4) is 22.6 Å². The van der Waals surface area contributed by atoms with E-state index in [1.54, 1.807) is 0 Å². The van der Waals surface area contributed by atoms with Gasteiger partial charge in [-0.25, -0.2) is 0 Å². The minimum Gasteiger partial charge on any atom is -0.458 e. The van der Waals surface area contributed by atoms with Crippen molar-refractivity contribution in [2.45, 2.75) is 31.8 Å². The van der Waals surface area contributed by atoms with Crippen LogP contribution in [0.3, 0.4) is 0 Å². The van der Waals surface area contributed by atoms with Crippen molar-refractivity contribution < 1.29 is 4.74 Å². The maximum atomic E-state index is 6.73. The Kier molecular flexibility index (Phi) is 5.87. The van der Waals surface area contributed by atoms with Crippen molar-refractivity contribution in [1.29, 1.82) is 0 Å². The molecule has 0 saturated heterocycles. The van der Waals surface area contributed by atoms with Crippen LogP contribution in [0.15, 0.2) is 139 Å². The molecule has 3 nitrogen and oxygen atoms in total. The van der Waals surface area contributed by atoms with Gasteiger partial charge in [-0.1, -0.05) is 103 Å². The molecule has 0 saturated carbocycles. The number of nitrogens with one attached hydrogen (secondary N) is 1. The van der Waals surface area contributed by atoms with Gasteiger partial charge in [0.15, 0.2) is 5.75 Å². The Balaban J connectivity index is 1.25. The highest BCUT2D eigenvalue weighted by Gasteiger charge is 2.43. The molecule has 0 spiro atoms. The van der Waals surface area contributed by atoms with Crippen LogP contribution in [0.5, 0.6) is 5.75 Å². The van der Waals surface area contributed by atoms with E-state index in [1.807, 2.05) is 0 Å². The molecule has 1 N–H and O–H groups in total. The van der Waals surface area contributed by atoms with Gasteiger partial charge in [0.05, 0.1) is 16.4 Å². The van der Waals surface area contributed by atoms with Crippen LogP contribution in [0.4, 0.5) is 0 Å². The van der Waals surface area contributed by atoms with Crippen LogP contribution in [-0.4, -0.2) is 4.57 Å². The number of nitrogens with zero attached hydrogens (tertiary/aromatic N) is 1. The molecular weight excluding hydrogens is 512 g/mol. The first-order valence-corrected chi connectivity index (χ1v) is 14.8. The number of hydrogen-bond acceptors (Lipinski definition) is 2. The zero-order valence-corrected chi connectivity index (χ0v) is 23.7. The van der Waals surface area contributed by atoms with Crippen molar-refractivity contribution >= 4 is 21.8 Å². The van der Waals surface area contributed by atoms with Crippen LogP contribution < -0.4 is 10.1 Å². The smallest absolute Gasteiger partial charge is 0.155 e. The lowest BCUT2D eigenvalue weighted by atomic mass is 9.77. The average molecular weight is 545 g/mol. The molecule has 3 heteroatoms. The van der Waals surface area contributed by atoms with Gasteiger partial charge in [0.25, 0.3) is 0 Å². The molecule has 0 amide bonds. The molecule has 0 fully saturated rings. The van der Waals surface area contributed by atoms with Crippen LogP contribution in [0.2, 0.25) is 0 Å². The summed E-state index contributed by atoms with van der Waals surface area (Å²) in [6.07, 6.45) is 7.44. The van der Waals surface area contributed by atoms with Crippen LogP contribution in [-0.2, 0) is 18.5 Å². The van der Waals surface area contributed by atoms with Crippen molar-refractivity contribution in [2.24, 2.45) is 0 Å². The molecule has 1 aliphatic carbocycles. The molecule has 2 heterocycles. The van der Waals surface area contributed by atoms with Gasteiger partial charge in [-0.2, -0.15) is 0 Å². The van der Waals surface area contributed by atoms with Crippen molar-refractivity contribution in [2.75, 3.05) is 0 Å². The monoisotopic (exact) mass is 544 g/mol. The van der Waals surface area contributed by atoms with Crippen LogP contribution >= 0.6 is 0 Å². The van der Waals surface area contributed by atoms with Gasteiger partial charge in [-0.05, 0) is 65.9 Å². The van der Waals surface area contributed by atoms with E-state index in [0.717, 1.165) is 42.2 Å². The molecule has 0 bridgehead atoms. The molecule has 0 radical (unpaired) electrons. The number of aromatic nitrogens is 1. The third-order valence-electron chi connectivity index (χ3n) is 8.95. The maximum Gasteiger partial charge on any atom is 0.155 e. The second-order valence-electron chi connectivity index (χ2n) is 11.6. The standard InChI is InChI=1S/C39H32N2O/c1-39-23-9-8-14-36(39)42-38-34(39)21-20-32-33-24-30(29-12-6-3-7-13-29)17-22-35(33)41(37(32)38)31-18-15-28(16-19-31)26-40-25-27-10-4-2-5-11-27/h2-22,24,40H,23,25-26H2,1H3. The topological polar surface area (TPSA) is 26.2 Å². The summed E-state index contributed by atoms with van der Waals surface area (Å²) in [5.74, 6) is 2.02. The van der Waals surface area contributed by atoms with Crippen molar-refractivity contribution in [1.82, 2.24) is 9.88 Å². The molecule has 6 aromatic rings. The summed E-state index contributed by atoms with van der Waals surface area (Å²) in [5.41, 5.74) is 9.58. The Bertz CT molecular complexity index is 2000. The highest BCUT2D eigenvalue weighted by Crippen LogP contribution is 2.53. The summed E-state index contributed by atoms with van der Waals surface area (Å²) >= 11 is 0. The highest BCUT2D eigenvalue weighted by molar-refractivity contribution is 6.13. The number of hydrogen-bond donors (Lipinski definition) is 1. The van der Waals surface area contributed by atoms with E-state index in [0.29, 0.717) is 0 Å². The second-order valence-corrected chi connectivity index (χ2v) is 11.6. The van der Waals surface area contributed by atoms with Crippen molar-refractivity contribution in [3.63, 3.8) is 0 Å². The molecule has 204 valence electrons. The fourth-order valence-corrected chi connectivity index (χ4v) is 6.65. The normalized spacial score (nSPS) is 17.2. The highest BCUT2D eigenvalue weighted by atomic mass is 16.5. The molecule has 2 aliphatic rings. The Morgan fingerprint density at radius 1 is 0.738 bits per heavy atom.